The summed E-state index contributed by atoms with van der Waals surface area (Å²) < 4.78 is 5.99. The molecule has 2 heterocycles. The molecule has 1 aromatic rings. The van der Waals surface area contributed by atoms with Gasteiger partial charge in [-0.05, 0) is 50.6 Å². The van der Waals surface area contributed by atoms with Crippen LogP contribution in [0.5, 0.6) is 5.75 Å². The number of hydrogen-bond acceptors (Lipinski definition) is 3. The Hall–Kier alpha value is -1.06. The summed E-state index contributed by atoms with van der Waals surface area (Å²) in [6.45, 7) is 3.28. The lowest BCUT2D eigenvalue weighted by atomic mass is 9.98. The van der Waals surface area contributed by atoms with E-state index in [9.17, 15) is 0 Å². The van der Waals surface area contributed by atoms with Gasteiger partial charge in [0, 0.05) is 19.1 Å². The topological polar surface area (TPSA) is 24.5 Å². The van der Waals surface area contributed by atoms with Gasteiger partial charge in [0.1, 0.15) is 11.9 Å². The van der Waals surface area contributed by atoms with Crippen molar-refractivity contribution >= 4 is 0 Å². The van der Waals surface area contributed by atoms with E-state index in [1.54, 1.807) is 0 Å². The third kappa shape index (κ3) is 3.48. The van der Waals surface area contributed by atoms with Crippen molar-refractivity contribution < 1.29 is 4.74 Å². The largest absolute Gasteiger partial charge is 0.488 e. The number of rotatable bonds is 4. The third-order valence-corrected chi connectivity index (χ3v) is 4.13. The second-order valence-electron chi connectivity index (χ2n) is 5.96. The molecule has 2 saturated heterocycles. The fourth-order valence-electron chi connectivity index (χ4n) is 3.04. The molecule has 1 N–H and O–H groups in total. The van der Waals surface area contributed by atoms with Crippen LogP contribution in [-0.2, 0) is 6.42 Å². The molecular formula is C16H24N2O. The van der Waals surface area contributed by atoms with Gasteiger partial charge < -0.3 is 10.1 Å². The van der Waals surface area contributed by atoms with E-state index in [1.807, 2.05) is 0 Å². The maximum Gasteiger partial charge on any atom is 0.124 e. The number of nitrogens with zero attached hydrogens (tertiary/aromatic N) is 1. The molecule has 1 atom stereocenters. The Morgan fingerprint density at radius 1 is 1.32 bits per heavy atom. The van der Waals surface area contributed by atoms with Crippen LogP contribution in [0.4, 0.5) is 0 Å². The Morgan fingerprint density at radius 3 is 2.95 bits per heavy atom. The van der Waals surface area contributed by atoms with Gasteiger partial charge in [-0.1, -0.05) is 18.6 Å². The molecule has 3 heteroatoms. The summed E-state index contributed by atoms with van der Waals surface area (Å²) in [5.74, 6) is 1.03. The first-order valence-electron chi connectivity index (χ1n) is 7.47. The van der Waals surface area contributed by atoms with Crippen molar-refractivity contribution in [3.05, 3.63) is 29.8 Å². The molecule has 104 valence electrons. The highest BCUT2D eigenvalue weighted by Gasteiger charge is 2.24. The van der Waals surface area contributed by atoms with Crippen LogP contribution in [0.2, 0.25) is 0 Å². The molecule has 0 radical (unpaired) electrons. The second-order valence-corrected chi connectivity index (χ2v) is 5.96. The zero-order valence-electron chi connectivity index (χ0n) is 11.8. The first-order chi connectivity index (χ1) is 9.29. The van der Waals surface area contributed by atoms with Crippen molar-refractivity contribution in [2.45, 2.75) is 37.8 Å². The number of piperidine rings is 1. The van der Waals surface area contributed by atoms with Crippen LogP contribution >= 0.6 is 0 Å². The highest BCUT2D eigenvalue weighted by atomic mass is 16.5. The molecule has 0 bridgehead atoms. The minimum absolute atomic E-state index is 0.382. The van der Waals surface area contributed by atoms with E-state index in [-0.39, 0.29) is 0 Å². The van der Waals surface area contributed by atoms with Crippen molar-refractivity contribution in [2.75, 3.05) is 26.7 Å². The van der Waals surface area contributed by atoms with E-state index in [4.69, 9.17) is 4.74 Å². The maximum absolute atomic E-state index is 5.99. The number of nitrogens with one attached hydrogen (secondary N) is 1. The van der Waals surface area contributed by atoms with E-state index in [1.165, 1.54) is 31.4 Å². The summed E-state index contributed by atoms with van der Waals surface area (Å²) in [6, 6.07) is 9.29. The van der Waals surface area contributed by atoms with Crippen molar-refractivity contribution in [3.8, 4) is 5.75 Å². The van der Waals surface area contributed by atoms with Crippen LogP contribution in [0.25, 0.3) is 0 Å². The first-order valence-corrected chi connectivity index (χ1v) is 7.47. The maximum atomic E-state index is 5.99. The normalized spacial score (nSPS) is 25.0. The van der Waals surface area contributed by atoms with Gasteiger partial charge in [-0.2, -0.15) is 0 Å². The summed E-state index contributed by atoms with van der Waals surface area (Å²) >= 11 is 0. The Bertz CT molecular complexity index is 409. The first kappa shape index (κ1) is 12.9. The van der Waals surface area contributed by atoms with Gasteiger partial charge in [-0.3, -0.25) is 4.90 Å². The molecule has 0 aliphatic carbocycles. The molecule has 1 unspecified atom stereocenters. The zero-order chi connectivity index (χ0) is 13.1. The highest BCUT2D eigenvalue weighted by molar-refractivity contribution is 5.29. The van der Waals surface area contributed by atoms with Gasteiger partial charge in [-0.15, -0.1) is 0 Å². The van der Waals surface area contributed by atoms with Gasteiger partial charge in [0.05, 0.1) is 0 Å². The average molecular weight is 260 g/mol. The van der Waals surface area contributed by atoms with Crippen LogP contribution in [-0.4, -0.2) is 43.7 Å². The lowest BCUT2D eigenvalue weighted by Crippen LogP contribution is -2.51. The van der Waals surface area contributed by atoms with Crippen LogP contribution in [0, 0.1) is 0 Å². The summed E-state index contributed by atoms with van der Waals surface area (Å²) in [7, 11) is 2.13. The van der Waals surface area contributed by atoms with E-state index >= 15 is 0 Å². The summed E-state index contributed by atoms with van der Waals surface area (Å²) in [6.07, 6.45) is 5.50. The molecule has 0 amide bonds. The molecule has 3 nitrogen and oxygen atoms in total. The Morgan fingerprint density at radius 2 is 2.21 bits per heavy atom. The van der Waals surface area contributed by atoms with Crippen LogP contribution in [0.1, 0.15) is 24.8 Å². The SMILES string of the molecule is CN1CC(Oc2cccc(CC3CCCCN3)c2)C1. The van der Waals surface area contributed by atoms with Gasteiger partial charge in [0.2, 0.25) is 0 Å². The van der Waals surface area contributed by atoms with Crippen molar-refractivity contribution in [1.29, 1.82) is 0 Å². The minimum Gasteiger partial charge on any atom is -0.488 e. The Labute approximate surface area is 115 Å². The van der Waals surface area contributed by atoms with E-state index in [0.29, 0.717) is 12.1 Å². The molecule has 1 aromatic carbocycles. The molecule has 2 aliphatic heterocycles. The molecule has 19 heavy (non-hydrogen) atoms. The van der Waals surface area contributed by atoms with Crippen molar-refractivity contribution in [3.63, 3.8) is 0 Å². The molecule has 2 aliphatic rings. The van der Waals surface area contributed by atoms with Crippen molar-refractivity contribution in [1.82, 2.24) is 10.2 Å². The predicted octanol–water partition coefficient (Wildman–Crippen LogP) is 2.06. The average Bonchev–Trinajstić information content (AvgIpc) is 2.39. The zero-order valence-corrected chi connectivity index (χ0v) is 11.8. The number of hydrogen-bond donors (Lipinski definition) is 1. The van der Waals surface area contributed by atoms with E-state index in [2.05, 4.69) is 41.5 Å². The summed E-state index contributed by atoms with van der Waals surface area (Å²) in [5, 5.41) is 3.61. The monoisotopic (exact) mass is 260 g/mol. The quantitative estimate of drug-likeness (QED) is 0.897. The van der Waals surface area contributed by atoms with E-state index < -0.39 is 0 Å². The number of ether oxygens (including phenoxy) is 1. The lowest BCUT2D eigenvalue weighted by Gasteiger charge is -2.36. The van der Waals surface area contributed by atoms with Gasteiger partial charge in [0.25, 0.3) is 0 Å². The molecule has 0 spiro atoms. The highest BCUT2D eigenvalue weighted by Crippen LogP contribution is 2.20. The van der Waals surface area contributed by atoms with Crippen LogP contribution in [0.15, 0.2) is 24.3 Å². The number of benzene rings is 1. The Kier molecular flexibility index (Phi) is 4.04. The van der Waals surface area contributed by atoms with Gasteiger partial charge >= 0.3 is 0 Å². The minimum atomic E-state index is 0.382. The van der Waals surface area contributed by atoms with Crippen LogP contribution in [0.3, 0.4) is 0 Å². The van der Waals surface area contributed by atoms with Gasteiger partial charge in [-0.25, -0.2) is 0 Å². The second kappa shape index (κ2) is 5.93. The molecule has 3 rings (SSSR count). The van der Waals surface area contributed by atoms with Crippen LogP contribution < -0.4 is 10.1 Å². The number of likely N-dealkylation sites (tertiary alicyclic amines) is 1. The third-order valence-electron chi connectivity index (χ3n) is 4.13. The van der Waals surface area contributed by atoms with E-state index in [0.717, 1.165) is 25.3 Å². The molecule has 0 saturated carbocycles. The fraction of sp³-hybridized carbons (Fsp3) is 0.625. The fourth-order valence-corrected chi connectivity index (χ4v) is 3.04. The summed E-state index contributed by atoms with van der Waals surface area (Å²) in [4.78, 5) is 2.28. The molecular weight excluding hydrogens is 236 g/mol. The number of likely N-dealkylation sites (N-methyl/N-ethyl adjacent to an activating group) is 1. The lowest BCUT2D eigenvalue weighted by molar-refractivity contribution is 0.0388. The predicted molar refractivity (Wildman–Crippen MR) is 77.7 cm³/mol. The Balaban J connectivity index is 1.56. The molecule has 0 aromatic heterocycles. The smallest absolute Gasteiger partial charge is 0.124 e. The molecule has 2 fully saturated rings. The van der Waals surface area contributed by atoms with Gasteiger partial charge in [0.15, 0.2) is 0 Å². The standard InChI is InChI=1S/C16H24N2O/c1-18-11-16(12-18)19-15-7-4-5-13(10-15)9-14-6-2-3-8-17-14/h4-5,7,10,14,16-17H,2-3,6,8-9,11-12H2,1H3. The summed E-state index contributed by atoms with van der Waals surface area (Å²) in [5.41, 5.74) is 1.39. The van der Waals surface area contributed by atoms with Crippen molar-refractivity contribution in [2.24, 2.45) is 0 Å².